The number of thiazole rings is 1. The van der Waals surface area contributed by atoms with Gasteiger partial charge < -0.3 is 19.8 Å². The molecule has 0 aliphatic carbocycles. The predicted molar refractivity (Wildman–Crippen MR) is 122 cm³/mol. The van der Waals surface area contributed by atoms with Gasteiger partial charge in [0.15, 0.2) is 10.6 Å². The summed E-state index contributed by atoms with van der Waals surface area (Å²) < 4.78 is 11.5. The summed E-state index contributed by atoms with van der Waals surface area (Å²) >= 11 is 8.13. The van der Waals surface area contributed by atoms with Gasteiger partial charge in [0.05, 0.1) is 36.2 Å². The summed E-state index contributed by atoms with van der Waals surface area (Å²) in [5.74, 6) is 0.538. The molecule has 0 unspecified atom stereocenters. The van der Waals surface area contributed by atoms with E-state index in [1.54, 1.807) is 18.2 Å². The largest absolute Gasteiger partial charge is 0.490 e. The fourth-order valence-electron chi connectivity index (χ4n) is 3.32. The van der Waals surface area contributed by atoms with Crippen LogP contribution in [0.3, 0.4) is 0 Å². The third-order valence-electron chi connectivity index (χ3n) is 5.05. The lowest BCUT2D eigenvalue weighted by Gasteiger charge is -2.32. The highest BCUT2D eigenvalue weighted by molar-refractivity contribution is 7.14. The SMILES string of the molecule is CC(C)Nc1nc(-c2cc(=O)c3ccc(OC[C@H]4COCCN4C)c(Cl)c3[nH]2)cs1. The van der Waals surface area contributed by atoms with E-state index in [9.17, 15) is 4.79 Å². The Balaban J connectivity index is 1.63. The van der Waals surface area contributed by atoms with E-state index in [1.165, 1.54) is 11.3 Å². The van der Waals surface area contributed by atoms with Crippen LogP contribution in [-0.2, 0) is 4.74 Å². The molecule has 2 aromatic heterocycles. The van der Waals surface area contributed by atoms with Crippen molar-refractivity contribution in [2.24, 2.45) is 0 Å². The number of H-pyrrole nitrogens is 1. The second kappa shape index (κ2) is 8.93. The number of aromatic nitrogens is 2. The zero-order valence-electron chi connectivity index (χ0n) is 17.2. The van der Waals surface area contributed by atoms with Gasteiger partial charge in [0, 0.05) is 29.4 Å². The first-order chi connectivity index (χ1) is 14.4. The lowest BCUT2D eigenvalue weighted by atomic mass is 10.1. The molecule has 2 N–H and O–H groups in total. The van der Waals surface area contributed by atoms with E-state index in [-0.39, 0.29) is 17.5 Å². The number of rotatable bonds is 6. The van der Waals surface area contributed by atoms with Gasteiger partial charge in [-0.25, -0.2) is 4.98 Å². The van der Waals surface area contributed by atoms with Gasteiger partial charge in [-0.2, -0.15) is 0 Å². The number of morpholine rings is 1. The quantitative estimate of drug-likeness (QED) is 0.596. The Labute approximate surface area is 184 Å². The first-order valence-corrected chi connectivity index (χ1v) is 11.2. The van der Waals surface area contributed by atoms with Gasteiger partial charge in [0.25, 0.3) is 0 Å². The van der Waals surface area contributed by atoms with Crippen LogP contribution in [0, 0.1) is 0 Å². The van der Waals surface area contributed by atoms with Crippen molar-refractivity contribution in [2.75, 3.05) is 38.7 Å². The Kier molecular flexibility index (Phi) is 6.29. The summed E-state index contributed by atoms with van der Waals surface area (Å²) in [6.45, 7) is 6.80. The molecule has 30 heavy (non-hydrogen) atoms. The number of halogens is 1. The minimum absolute atomic E-state index is 0.112. The molecule has 0 radical (unpaired) electrons. The van der Waals surface area contributed by atoms with Crippen molar-refractivity contribution < 1.29 is 9.47 Å². The minimum Gasteiger partial charge on any atom is -0.490 e. The lowest BCUT2D eigenvalue weighted by Crippen LogP contribution is -2.46. The van der Waals surface area contributed by atoms with Gasteiger partial charge in [-0.05, 0) is 33.0 Å². The molecule has 1 atom stereocenters. The highest BCUT2D eigenvalue weighted by atomic mass is 35.5. The number of ether oxygens (including phenoxy) is 2. The van der Waals surface area contributed by atoms with Gasteiger partial charge in [-0.3, -0.25) is 9.69 Å². The summed E-state index contributed by atoms with van der Waals surface area (Å²) in [6.07, 6.45) is 0. The molecule has 0 saturated carbocycles. The first-order valence-electron chi connectivity index (χ1n) is 9.91. The topological polar surface area (TPSA) is 79.5 Å². The van der Waals surface area contributed by atoms with E-state index in [4.69, 9.17) is 21.1 Å². The molecule has 1 aliphatic rings. The van der Waals surface area contributed by atoms with Crippen molar-refractivity contribution in [3.63, 3.8) is 0 Å². The van der Waals surface area contributed by atoms with Crippen LogP contribution in [-0.4, -0.2) is 60.4 Å². The van der Waals surface area contributed by atoms with E-state index in [2.05, 4.69) is 41.1 Å². The Morgan fingerprint density at radius 2 is 2.30 bits per heavy atom. The van der Waals surface area contributed by atoms with E-state index in [0.29, 0.717) is 46.3 Å². The number of likely N-dealkylation sites (N-methyl/N-ethyl adjacent to an activating group) is 1. The van der Waals surface area contributed by atoms with E-state index in [0.717, 1.165) is 18.3 Å². The van der Waals surface area contributed by atoms with Crippen molar-refractivity contribution in [2.45, 2.75) is 25.9 Å². The maximum absolute atomic E-state index is 12.7. The van der Waals surface area contributed by atoms with Gasteiger partial charge >= 0.3 is 0 Å². The van der Waals surface area contributed by atoms with E-state index in [1.807, 2.05) is 5.38 Å². The van der Waals surface area contributed by atoms with Crippen molar-refractivity contribution in [3.05, 3.63) is 38.8 Å². The summed E-state index contributed by atoms with van der Waals surface area (Å²) in [6, 6.07) is 5.49. The fourth-order valence-corrected chi connectivity index (χ4v) is 4.45. The van der Waals surface area contributed by atoms with Gasteiger partial charge in [-0.15, -0.1) is 11.3 Å². The summed E-state index contributed by atoms with van der Waals surface area (Å²) in [4.78, 5) is 22.7. The molecule has 160 valence electrons. The number of benzene rings is 1. The third-order valence-corrected chi connectivity index (χ3v) is 6.20. The summed E-state index contributed by atoms with van der Waals surface area (Å²) in [7, 11) is 2.05. The standard InChI is InChI=1S/C21H25ClN4O3S/c1-12(2)23-21-25-16(11-30-21)15-8-17(27)14-4-5-18(19(22)20(14)24-15)29-10-13-9-28-7-6-26(13)3/h4-5,8,11-13H,6-7,9-10H2,1-3H3,(H,23,25)(H,24,27)/t13-/m1/s1. The van der Waals surface area contributed by atoms with Crippen LogP contribution in [0.4, 0.5) is 5.13 Å². The number of fused-ring (bicyclic) bond motifs is 1. The lowest BCUT2D eigenvalue weighted by molar-refractivity contribution is -0.0107. The van der Waals surface area contributed by atoms with Crippen LogP contribution in [0.15, 0.2) is 28.4 Å². The van der Waals surface area contributed by atoms with Crippen molar-refractivity contribution in [3.8, 4) is 17.1 Å². The highest BCUT2D eigenvalue weighted by Gasteiger charge is 2.21. The third kappa shape index (κ3) is 4.46. The first kappa shape index (κ1) is 21.1. The maximum Gasteiger partial charge on any atom is 0.190 e. The number of pyridine rings is 1. The van der Waals surface area contributed by atoms with Gasteiger partial charge in [-0.1, -0.05) is 11.6 Å². The van der Waals surface area contributed by atoms with E-state index >= 15 is 0 Å². The Hall–Kier alpha value is -2.13. The molecule has 0 spiro atoms. The average molecular weight is 449 g/mol. The van der Waals surface area contributed by atoms with Crippen molar-refractivity contribution in [1.82, 2.24) is 14.9 Å². The van der Waals surface area contributed by atoms with Crippen LogP contribution in [0.2, 0.25) is 5.02 Å². The second-order valence-electron chi connectivity index (χ2n) is 7.70. The molecule has 9 heteroatoms. The predicted octanol–water partition coefficient (Wildman–Crippen LogP) is 3.83. The summed E-state index contributed by atoms with van der Waals surface area (Å²) in [5, 5.41) is 6.90. The molecular weight excluding hydrogens is 424 g/mol. The molecule has 0 amide bonds. The number of hydrogen-bond donors (Lipinski definition) is 2. The molecule has 3 aromatic rings. The monoisotopic (exact) mass is 448 g/mol. The van der Waals surface area contributed by atoms with E-state index < -0.39 is 0 Å². The Morgan fingerprint density at radius 3 is 3.07 bits per heavy atom. The molecule has 3 heterocycles. The second-order valence-corrected chi connectivity index (χ2v) is 8.94. The Morgan fingerprint density at radius 1 is 1.47 bits per heavy atom. The number of hydrogen-bond acceptors (Lipinski definition) is 7. The highest BCUT2D eigenvalue weighted by Crippen LogP contribution is 2.32. The van der Waals surface area contributed by atoms with Crippen LogP contribution < -0.4 is 15.5 Å². The van der Waals surface area contributed by atoms with Crippen molar-refractivity contribution >= 4 is 39.0 Å². The minimum atomic E-state index is -0.112. The number of anilines is 1. The number of aromatic amines is 1. The molecular formula is C21H25ClN4O3S. The number of nitrogens with one attached hydrogen (secondary N) is 2. The molecule has 7 nitrogen and oxygen atoms in total. The van der Waals surface area contributed by atoms with Gasteiger partial charge in [0.2, 0.25) is 0 Å². The van der Waals surface area contributed by atoms with Gasteiger partial charge in [0.1, 0.15) is 17.4 Å². The molecule has 4 rings (SSSR count). The Bertz CT molecular complexity index is 1100. The van der Waals surface area contributed by atoms with Crippen LogP contribution in [0.25, 0.3) is 22.3 Å². The molecule has 1 aliphatic heterocycles. The van der Waals surface area contributed by atoms with Crippen LogP contribution in [0.5, 0.6) is 5.75 Å². The fraction of sp³-hybridized carbons (Fsp3) is 0.429. The number of nitrogens with zero attached hydrogens (tertiary/aromatic N) is 2. The maximum atomic E-state index is 12.7. The molecule has 1 aromatic carbocycles. The zero-order valence-corrected chi connectivity index (χ0v) is 18.8. The molecule has 0 bridgehead atoms. The van der Waals surface area contributed by atoms with Crippen LogP contribution in [0.1, 0.15) is 13.8 Å². The zero-order chi connectivity index (χ0) is 21.3. The average Bonchev–Trinajstić information content (AvgIpc) is 3.16. The molecule has 1 fully saturated rings. The smallest absolute Gasteiger partial charge is 0.190 e. The van der Waals surface area contributed by atoms with Crippen molar-refractivity contribution in [1.29, 1.82) is 0 Å². The summed E-state index contributed by atoms with van der Waals surface area (Å²) in [5.41, 5.74) is 1.76. The molecule has 1 saturated heterocycles. The normalized spacial score (nSPS) is 17.6. The van der Waals surface area contributed by atoms with Crippen LogP contribution >= 0.6 is 22.9 Å².